The summed E-state index contributed by atoms with van der Waals surface area (Å²) in [7, 11) is 0. The van der Waals surface area contributed by atoms with Gasteiger partial charge in [-0.1, -0.05) is 29.3 Å². The number of hydrogen-bond acceptors (Lipinski definition) is 2. The average Bonchev–Trinajstić information content (AvgIpc) is 2.32. The molecule has 0 aliphatic carbocycles. The molecule has 0 aliphatic heterocycles. The van der Waals surface area contributed by atoms with Crippen molar-refractivity contribution in [1.82, 2.24) is 5.32 Å². The molecule has 1 aromatic rings. The molecule has 1 rings (SSSR count). The van der Waals surface area contributed by atoms with E-state index in [-0.39, 0.29) is 0 Å². The van der Waals surface area contributed by atoms with Crippen LogP contribution in [-0.2, 0) is 11.3 Å². The topological polar surface area (TPSA) is 21.3 Å². The van der Waals surface area contributed by atoms with Gasteiger partial charge in [0.1, 0.15) is 0 Å². The van der Waals surface area contributed by atoms with E-state index < -0.39 is 0 Å². The van der Waals surface area contributed by atoms with Crippen molar-refractivity contribution >= 4 is 34.8 Å². The maximum Gasteiger partial charge on any atom is 0.0601 e. The predicted octanol–water partition coefficient (Wildman–Crippen LogP) is 3.73. The summed E-state index contributed by atoms with van der Waals surface area (Å²) in [6.45, 7) is 3.05. The Bertz CT molecular complexity index is 334. The number of benzene rings is 1. The van der Waals surface area contributed by atoms with Gasteiger partial charge in [0, 0.05) is 19.0 Å². The summed E-state index contributed by atoms with van der Waals surface area (Å²) in [6.07, 6.45) is 0.970. The highest BCUT2D eigenvalue weighted by atomic mass is 35.5. The summed E-state index contributed by atoms with van der Waals surface area (Å²) in [6, 6.07) is 5.65. The van der Waals surface area contributed by atoms with Gasteiger partial charge in [0.05, 0.1) is 16.7 Å². The zero-order valence-corrected chi connectivity index (χ0v) is 11.8. The molecule has 17 heavy (non-hydrogen) atoms. The zero-order valence-electron chi connectivity index (χ0n) is 9.52. The standard InChI is InChI=1S/C12H16Cl3NO/c13-4-7-17-6-1-5-16-9-10-2-3-11(14)12(15)8-10/h2-3,8,16H,1,4-7,9H2. The van der Waals surface area contributed by atoms with E-state index in [0.717, 1.165) is 31.7 Å². The third kappa shape index (κ3) is 6.49. The molecule has 0 heterocycles. The van der Waals surface area contributed by atoms with Crippen LogP contribution in [0.4, 0.5) is 0 Å². The summed E-state index contributed by atoms with van der Waals surface area (Å²) in [4.78, 5) is 0. The Morgan fingerprint density at radius 3 is 2.65 bits per heavy atom. The van der Waals surface area contributed by atoms with Crippen LogP contribution in [0.5, 0.6) is 0 Å². The van der Waals surface area contributed by atoms with Gasteiger partial charge >= 0.3 is 0 Å². The first-order valence-electron chi connectivity index (χ1n) is 5.52. The van der Waals surface area contributed by atoms with Crippen molar-refractivity contribution < 1.29 is 4.74 Å². The maximum atomic E-state index is 5.92. The lowest BCUT2D eigenvalue weighted by Gasteiger charge is -2.06. The molecule has 5 heteroatoms. The molecule has 0 atom stereocenters. The van der Waals surface area contributed by atoms with Crippen molar-refractivity contribution in [3.63, 3.8) is 0 Å². The van der Waals surface area contributed by atoms with E-state index in [0.29, 0.717) is 22.5 Å². The Hall–Kier alpha value is 0.01000. The summed E-state index contributed by atoms with van der Waals surface area (Å²) >= 11 is 17.2. The smallest absolute Gasteiger partial charge is 0.0601 e. The Kier molecular flexibility index (Phi) is 7.99. The molecule has 0 saturated heterocycles. The number of rotatable bonds is 8. The van der Waals surface area contributed by atoms with Gasteiger partial charge in [-0.15, -0.1) is 11.6 Å². The Labute approximate surface area is 117 Å². The number of halogens is 3. The summed E-state index contributed by atoms with van der Waals surface area (Å²) in [5.41, 5.74) is 1.13. The van der Waals surface area contributed by atoms with Crippen molar-refractivity contribution in [2.75, 3.05) is 25.6 Å². The van der Waals surface area contributed by atoms with Crippen molar-refractivity contribution in [2.45, 2.75) is 13.0 Å². The Balaban J connectivity index is 2.11. The molecule has 0 bridgehead atoms. The van der Waals surface area contributed by atoms with Crippen LogP contribution in [0.2, 0.25) is 10.0 Å². The minimum absolute atomic E-state index is 0.552. The van der Waals surface area contributed by atoms with Gasteiger partial charge in [0.25, 0.3) is 0 Å². The monoisotopic (exact) mass is 295 g/mol. The fourth-order valence-electron chi connectivity index (χ4n) is 1.34. The highest BCUT2D eigenvalue weighted by molar-refractivity contribution is 6.42. The normalized spacial score (nSPS) is 10.8. The lowest BCUT2D eigenvalue weighted by Crippen LogP contribution is -2.16. The van der Waals surface area contributed by atoms with Gasteiger partial charge in [-0.2, -0.15) is 0 Å². The maximum absolute atomic E-state index is 5.92. The van der Waals surface area contributed by atoms with Crippen LogP contribution >= 0.6 is 34.8 Å². The average molecular weight is 297 g/mol. The summed E-state index contributed by atoms with van der Waals surface area (Å²) < 4.78 is 5.26. The number of nitrogens with one attached hydrogen (secondary N) is 1. The van der Waals surface area contributed by atoms with Crippen LogP contribution in [0.1, 0.15) is 12.0 Å². The van der Waals surface area contributed by atoms with E-state index in [9.17, 15) is 0 Å². The molecule has 0 radical (unpaired) electrons. The Morgan fingerprint density at radius 2 is 1.94 bits per heavy atom. The van der Waals surface area contributed by atoms with Crippen LogP contribution in [-0.4, -0.2) is 25.6 Å². The van der Waals surface area contributed by atoms with Gasteiger partial charge in [-0.05, 0) is 30.7 Å². The first-order chi connectivity index (χ1) is 8.24. The quantitative estimate of drug-likeness (QED) is 0.583. The molecule has 1 N–H and O–H groups in total. The molecule has 0 unspecified atom stereocenters. The lowest BCUT2D eigenvalue weighted by molar-refractivity contribution is 0.146. The minimum Gasteiger partial charge on any atom is -0.380 e. The second kappa shape index (κ2) is 9.01. The zero-order chi connectivity index (χ0) is 12.5. The highest BCUT2D eigenvalue weighted by Crippen LogP contribution is 2.22. The van der Waals surface area contributed by atoms with Crippen molar-refractivity contribution in [1.29, 1.82) is 0 Å². The number of ether oxygens (including phenoxy) is 1. The highest BCUT2D eigenvalue weighted by Gasteiger charge is 1.98. The van der Waals surface area contributed by atoms with Gasteiger partial charge in [0.2, 0.25) is 0 Å². The van der Waals surface area contributed by atoms with Crippen LogP contribution in [0.3, 0.4) is 0 Å². The third-order valence-corrected chi connectivity index (χ3v) is 3.07. The van der Waals surface area contributed by atoms with E-state index in [1.165, 1.54) is 0 Å². The molecule has 2 nitrogen and oxygen atoms in total. The summed E-state index contributed by atoms with van der Waals surface area (Å²) in [5, 5.41) is 4.49. The fraction of sp³-hybridized carbons (Fsp3) is 0.500. The van der Waals surface area contributed by atoms with Crippen LogP contribution in [0, 0.1) is 0 Å². The van der Waals surface area contributed by atoms with Crippen molar-refractivity contribution in [3.05, 3.63) is 33.8 Å². The first kappa shape index (κ1) is 15.1. The van der Waals surface area contributed by atoms with Gasteiger partial charge in [-0.25, -0.2) is 0 Å². The van der Waals surface area contributed by atoms with Gasteiger partial charge < -0.3 is 10.1 Å². The molecular formula is C12H16Cl3NO. The largest absolute Gasteiger partial charge is 0.380 e. The second-order valence-corrected chi connectivity index (χ2v) is 4.77. The number of alkyl halides is 1. The van der Waals surface area contributed by atoms with E-state index in [2.05, 4.69) is 5.32 Å². The van der Waals surface area contributed by atoms with E-state index in [1.54, 1.807) is 0 Å². The molecule has 96 valence electrons. The molecule has 1 aromatic carbocycles. The van der Waals surface area contributed by atoms with E-state index in [4.69, 9.17) is 39.5 Å². The molecule has 0 spiro atoms. The molecule has 0 aromatic heterocycles. The third-order valence-electron chi connectivity index (χ3n) is 2.18. The van der Waals surface area contributed by atoms with Gasteiger partial charge in [-0.3, -0.25) is 0 Å². The van der Waals surface area contributed by atoms with Crippen LogP contribution < -0.4 is 5.32 Å². The van der Waals surface area contributed by atoms with Crippen LogP contribution in [0.15, 0.2) is 18.2 Å². The second-order valence-electron chi connectivity index (χ2n) is 3.58. The van der Waals surface area contributed by atoms with Crippen molar-refractivity contribution in [3.8, 4) is 0 Å². The lowest BCUT2D eigenvalue weighted by atomic mass is 10.2. The van der Waals surface area contributed by atoms with Crippen molar-refractivity contribution in [2.24, 2.45) is 0 Å². The fourth-order valence-corrected chi connectivity index (χ4v) is 1.77. The molecule has 0 saturated carbocycles. The molecular weight excluding hydrogens is 280 g/mol. The first-order valence-corrected chi connectivity index (χ1v) is 6.81. The number of hydrogen-bond donors (Lipinski definition) is 1. The van der Waals surface area contributed by atoms with E-state index in [1.807, 2.05) is 18.2 Å². The summed E-state index contributed by atoms with van der Waals surface area (Å²) in [5.74, 6) is 0.552. The predicted molar refractivity (Wildman–Crippen MR) is 74.3 cm³/mol. The van der Waals surface area contributed by atoms with Gasteiger partial charge in [0.15, 0.2) is 0 Å². The molecule has 0 aliphatic rings. The minimum atomic E-state index is 0.552. The van der Waals surface area contributed by atoms with Crippen LogP contribution in [0.25, 0.3) is 0 Å². The molecule has 0 fully saturated rings. The SMILES string of the molecule is ClCCOCCCNCc1ccc(Cl)c(Cl)c1. The molecule has 0 amide bonds. The van der Waals surface area contributed by atoms with E-state index >= 15 is 0 Å². The Morgan fingerprint density at radius 1 is 1.12 bits per heavy atom.